The first-order valence-corrected chi connectivity index (χ1v) is 7.09. The molecule has 2 unspecified atom stereocenters. The molecule has 5 nitrogen and oxygen atoms in total. The first kappa shape index (κ1) is 14.2. The van der Waals surface area contributed by atoms with Crippen LogP contribution < -0.4 is 5.32 Å². The number of carbonyl (C=O) groups excluding carboxylic acids is 1. The number of thioether (sulfide) groups is 1. The lowest BCUT2D eigenvalue weighted by Gasteiger charge is -2.23. The fraction of sp³-hybridized carbons (Fsp3) is 0.818. The standard InChI is InChI=1S/C11H20N2O3S/c1-13(7-6-10(14)15)11(16)12-8-4-3-5-9(8)17-2/h8-9H,3-7H2,1-2H3,(H,12,16)(H,14,15). The molecule has 0 aliphatic heterocycles. The third-order valence-electron chi connectivity index (χ3n) is 3.07. The van der Waals surface area contributed by atoms with E-state index in [-0.39, 0.29) is 25.0 Å². The van der Waals surface area contributed by atoms with Gasteiger partial charge in [0.25, 0.3) is 0 Å². The minimum atomic E-state index is -0.882. The number of carbonyl (C=O) groups is 2. The SMILES string of the molecule is CSC1CCCC1NC(=O)N(C)CCC(=O)O. The number of carboxylic acid groups (broad SMARTS) is 1. The van der Waals surface area contributed by atoms with Gasteiger partial charge in [0.1, 0.15) is 0 Å². The van der Waals surface area contributed by atoms with E-state index in [2.05, 4.69) is 11.6 Å². The van der Waals surface area contributed by atoms with Crippen molar-refractivity contribution in [2.45, 2.75) is 37.0 Å². The summed E-state index contributed by atoms with van der Waals surface area (Å²) in [4.78, 5) is 23.6. The largest absolute Gasteiger partial charge is 0.481 e. The summed E-state index contributed by atoms with van der Waals surface area (Å²) in [6.07, 6.45) is 5.36. The number of carboxylic acids is 1. The normalized spacial score (nSPS) is 23.4. The Hall–Kier alpha value is -0.910. The Labute approximate surface area is 106 Å². The zero-order chi connectivity index (χ0) is 12.8. The number of aliphatic carboxylic acids is 1. The molecular formula is C11H20N2O3S. The Morgan fingerprint density at radius 1 is 1.47 bits per heavy atom. The fourth-order valence-corrected chi connectivity index (χ4v) is 2.94. The maximum Gasteiger partial charge on any atom is 0.317 e. The topological polar surface area (TPSA) is 69.6 Å². The van der Waals surface area contributed by atoms with Crippen LogP contribution in [0.1, 0.15) is 25.7 Å². The molecule has 0 bridgehead atoms. The van der Waals surface area contributed by atoms with Gasteiger partial charge >= 0.3 is 12.0 Å². The minimum Gasteiger partial charge on any atom is -0.481 e. The highest BCUT2D eigenvalue weighted by molar-refractivity contribution is 7.99. The summed E-state index contributed by atoms with van der Waals surface area (Å²) in [5, 5.41) is 12.0. The maximum atomic E-state index is 11.8. The van der Waals surface area contributed by atoms with E-state index in [4.69, 9.17) is 5.11 Å². The number of hydrogen-bond donors (Lipinski definition) is 2. The quantitative estimate of drug-likeness (QED) is 0.783. The van der Waals surface area contributed by atoms with Crippen LogP contribution in [0.4, 0.5) is 4.79 Å². The van der Waals surface area contributed by atoms with Crippen LogP contribution in [-0.2, 0) is 4.79 Å². The monoisotopic (exact) mass is 260 g/mol. The van der Waals surface area contributed by atoms with Crippen molar-refractivity contribution >= 4 is 23.8 Å². The molecule has 6 heteroatoms. The second kappa shape index (κ2) is 6.74. The predicted molar refractivity (Wildman–Crippen MR) is 68.4 cm³/mol. The molecule has 0 spiro atoms. The van der Waals surface area contributed by atoms with Gasteiger partial charge in [-0.15, -0.1) is 0 Å². The number of nitrogens with one attached hydrogen (secondary N) is 1. The lowest BCUT2D eigenvalue weighted by atomic mass is 10.2. The van der Waals surface area contributed by atoms with Crippen molar-refractivity contribution < 1.29 is 14.7 Å². The van der Waals surface area contributed by atoms with Crippen molar-refractivity contribution in [3.8, 4) is 0 Å². The molecule has 2 N–H and O–H groups in total. The van der Waals surface area contributed by atoms with Gasteiger partial charge < -0.3 is 15.3 Å². The molecule has 1 fully saturated rings. The molecule has 0 heterocycles. The minimum absolute atomic E-state index is 0.0134. The van der Waals surface area contributed by atoms with Crippen LogP contribution in [0, 0.1) is 0 Å². The van der Waals surface area contributed by atoms with Crippen molar-refractivity contribution in [2.75, 3.05) is 19.8 Å². The van der Waals surface area contributed by atoms with Crippen LogP contribution in [0.15, 0.2) is 0 Å². The van der Waals surface area contributed by atoms with Gasteiger partial charge in [-0.1, -0.05) is 6.42 Å². The first-order chi connectivity index (χ1) is 8.04. The molecule has 1 saturated carbocycles. The second-order valence-corrected chi connectivity index (χ2v) is 5.40. The highest BCUT2D eigenvalue weighted by atomic mass is 32.2. The van der Waals surface area contributed by atoms with E-state index < -0.39 is 5.97 Å². The number of urea groups is 1. The highest BCUT2D eigenvalue weighted by Crippen LogP contribution is 2.28. The molecule has 1 aliphatic rings. The smallest absolute Gasteiger partial charge is 0.317 e. The maximum absolute atomic E-state index is 11.8. The lowest BCUT2D eigenvalue weighted by Crippen LogP contribution is -2.45. The molecule has 17 heavy (non-hydrogen) atoms. The molecular weight excluding hydrogens is 240 g/mol. The molecule has 2 amide bonds. The molecule has 2 atom stereocenters. The van der Waals surface area contributed by atoms with Crippen LogP contribution in [0.5, 0.6) is 0 Å². The van der Waals surface area contributed by atoms with Crippen molar-refractivity contribution in [1.29, 1.82) is 0 Å². The molecule has 0 aromatic heterocycles. The van der Waals surface area contributed by atoms with Gasteiger partial charge in [0.05, 0.1) is 6.42 Å². The van der Waals surface area contributed by atoms with Gasteiger partial charge in [-0.25, -0.2) is 4.79 Å². The number of amides is 2. The van der Waals surface area contributed by atoms with Crippen molar-refractivity contribution in [3.63, 3.8) is 0 Å². The van der Waals surface area contributed by atoms with Crippen LogP contribution in [0.25, 0.3) is 0 Å². The number of rotatable bonds is 5. The molecule has 98 valence electrons. The Morgan fingerprint density at radius 2 is 2.18 bits per heavy atom. The van der Waals surface area contributed by atoms with Crippen molar-refractivity contribution in [1.82, 2.24) is 10.2 Å². The summed E-state index contributed by atoms with van der Waals surface area (Å²) in [5.74, 6) is -0.882. The molecule has 0 aromatic carbocycles. The van der Waals surface area contributed by atoms with Crippen LogP contribution in [-0.4, -0.2) is 53.1 Å². The fourth-order valence-electron chi connectivity index (χ4n) is 2.01. The summed E-state index contributed by atoms with van der Waals surface area (Å²) in [7, 11) is 1.63. The average Bonchev–Trinajstić information content (AvgIpc) is 2.72. The van der Waals surface area contributed by atoms with Crippen LogP contribution in [0.3, 0.4) is 0 Å². The molecule has 1 aliphatic carbocycles. The summed E-state index contributed by atoms with van der Waals surface area (Å²) < 4.78 is 0. The number of hydrogen-bond acceptors (Lipinski definition) is 3. The van der Waals surface area contributed by atoms with Gasteiger partial charge in [0.2, 0.25) is 0 Å². The third kappa shape index (κ3) is 4.46. The van der Waals surface area contributed by atoms with E-state index >= 15 is 0 Å². The third-order valence-corrected chi connectivity index (χ3v) is 4.24. The van der Waals surface area contributed by atoms with E-state index in [9.17, 15) is 9.59 Å². The zero-order valence-electron chi connectivity index (χ0n) is 10.3. The summed E-state index contributed by atoms with van der Waals surface area (Å²) in [6.45, 7) is 0.248. The summed E-state index contributed by atoms with van der Waals surface area (Å²) in [5.41, 5.74) is 0. The zero-order valence-corrected chi connectivity index (χ0v) is 11.1. The Bertz CT molecular complexity index is 286. The predicted octanol–water partition coefficient (Wildman–Crippen LogP) is 1.39. The Morgan fingerprint density at radius 3 is 2.76 bits per heavy atom. The van der Waals surface area contributed by atoms with Crippen molar-refractivity contribution in [3.05, 3.63) is 0 Å². The van der Waals surface area contributed by atoms with E-state index in [1.165, 1.54) is 4.90 Å². The average molecular weight is 260 g/mol. The second-order valence-electron chi connectivity index (χ2n) is 4.33. The van der Waals surface area contributed by atoms with Crippen LogP contribution in [0.2, 0.25) is 0 Å². The van der Waals surface area contributed by atoms with E-state index in [0.717, 1.165) is 19.3 Å². The highest BCUT2D eigenvalue weighted by Gasteiger charge is 2.28. The van der Waals surface area contributed by atoms with Gasteiger partial charge in [0.15, 0.2) is 0 Å². The van der Waals surface area contributed by atoms with Gasteiger partial charge in [-0.2, -0.15) is 11.8 Å². The number of nitrogens with zero attached hydrogens (tertiary/aromatic N) is 1. The molecule has 0 aromatic rings. The van der Waals surface area contributed by atoms with E-state index in [0.29, 0.717) is 5.25 Å². The Balaban J connectivity index is 2.34. The molecule has 1 rings (SSSR count). The Kier molecular flexibility index (Phi) is 5.61. The van der Waals surface area contributed by atoms with Gasteiger partial charge in [-0.05, 0) is 19.1 Å². The first-order valence-electron chi connectivity index (χ1n) is 5.80. The van der Waals surface area contributed by atoms with E-state index in [1.54, 1.807) is 18.8 Å². The molecule has 0 radical (unpaired) electrons. The van der Waals surface area contributed by atoms with Gasteiger partial charge in [0, 0.05) is 24.9 Å². The summed E-state index contributed by atoms with van der Waals surface area (Å²) in [6, 6.07) is 0.0574. The summed E-state index contributed by atoms with van der Waals surface area (Å²) >= 11 is 1.79. The van der Waals surface area contributed by atoms with Crippen molar-refractivity contribution in [2.24, 2.45) is 0 Å². The lowest BCUT2D eigenvalue weighted by molar-refractivity contribution is -0.137. The molecule has 0 saturated heterocycles. The van der Waals surface area contributed by atoms with Crippen LogP contribution >= 0.6 is 11.8 Å². The van der Waals surface area contributed by atoms with Gasteiger partial charge in [-0.3, -0.25) is 4.79 Å². The van der Waals surface area contributed by atoms with E-state index in [1.807, 2.05) is 0 Å².